The van der Waals surface area contributed by atoms with Crippen molar-refractivity contribution in [3.05, 3.63) is 132 Å². The monoisotopic (exact) mass is 551 g/mol. The lowest BCUT2D eigenvalue weighted by Gasteiger charge is -2.25. The minimum absolute atomic E-state index is 0.601. The summed E-state index contributed by atoms with van der Waals surface area (Å²) in [7, 11) is 0. The highest BCUT2D eigenvalue weighted by atomic mass is 16.3. The molecule has 43 heavy (non-hydrogen) atoms. The molecule has 3 heterocycles. The Hall–Kier alpha value is -5.81. The highest BCUT2D eigenvalue weighted by Gasteiger charge is 2.18. The van der Waals surface area contributed by atoms with Gasteiger partial charge in [-0.3, -0.25) is 0 Å². The molecule has 0 aliphatic carbocycles. The Kier molecular flexibility index (Phi) is 5.19. The molecule has 0 atom stereocenters. The van der Waals surface area contributed by atoms with Gasteiger partial charge in [0, 0.05) is 27.5 Å². The van der Waals surface area contributed by atoms with Gasteiger partial charge in [0.1, 0.15) is 11.2 Å². The van der Waals surface area contributed by atoms with E-state index in [2.05, 4.69) is 115 Å². The molecule has 2 aromatic heterocycles. The number of benzene rings is 6. The lowest BCUT2D eigenvalue weighted by Crippen LogP contribution is -2.00. The second-order valence-electron chi connectivity index (χ2n) is 10.9. The average molecular weight is 552 g/mol. The topological polar surface area (TPSA) is 65.9 Å². The van der Waals surface area contributed by atoms with Gasteiger partial charge in [0.2, 0.25) is 0 Å². The van der Waals surface area contributed by atoms with E-state index in [4.69, 9.17) is 24.7 Å². The van der Waals surface area contributed by atoms with Crippen LogP contribution in [0.1, 0.15) is 5.56 Å². The minimum Gasteiger partial charge on any atom is -0.681 e. The van der Waals surface area contributed by atoms with Crippen LogP contribution >= 0.6 is 0 Å². The second kappa shape index (κ2) is 9.36. The molecule has 0 saturated carbocycles. The molecule has 6 aromatic carbocycles. The van der Waals surface area contributed by atoms with E-state index in [0.29, 0.717) is 24.0 Å². The summed E-state index contributed by atoms with van der Waals surface area (Å²) in [6.07, 6.45) is 4.17. The Morgan fingerprint density at radius 1 is 0.558 bits per heavy atom. The largest absolute Gasteiger partial charge is 0.681 e. The van der Waals surface area contributed by atoms with Crippen LogP contribution in [-0.4, -0.2) is 21.5 Å². The number of furan rings is 1. The molecule has 5 heteroatoms. The molecule has 202 valence electrons. The molecule has 0 unspecified atom stereocenters. The van der Waals surface area contributed by atoms with Crippen molar-refractivity contribution in [3.8, 4) is 34.2 Å². The molecule has 5 nitrogen and oxygen atoms in total. The summed E-state index contributed by atoms with van der Waals surface area (Å²) in [5.41, 5.74) is 6.42. The molecule has 8 aromatic rings. The first-order chi connectivity index (χ1) is 21.3. The Morgan fingerprint density at radius 3 is 1.91 bits per heavy atom. The van der Waals surface area contributed by atoms with Crippen molar-refractivity contribution < 1.29 is 4.42 Å². The van der Waals surface area contributed by atoms with Crippen molar-refractivity contribution in [2.75, 3.05) is 6.54 Å². The Morgan fingerprint density at radius 2 is 1.21 bits per heavy atom. The molecular weight excluding hydrogens is 528 g/mol. The number of hydrogen-bond donors (Lipinski definition) is 0. The maximum Gasteiger partial charge on any atom is 0.164 e. The molecule has 0 saturated heterocycles. The average Bonchev–Trinajstić information content (AvgIpc) is 3.44. The van der Waals surface area contributed by atoms with Gasteiger partial charge < -0.3 is 9.73 Å². The van der Waals surface area contributed by atoms with E-state index in [0.717, 1.165) is 60.7 Å². The van der Waals surface area contributed by atoms with Crippen molar-refractivity contribution in [1.29, 1.82) is 0 Å². The zero-order chi connectivity index (χ0) is 28.3. The van der Waals surface area contributed by atoms with Crippen molar-refractivity contribution in [1.82, 2.24) is 15.0 Å². The van der Waals surface area contributed by atoms with Crippen molar-refractivity contribution >= 4 is 55.2 Å². The Bertz CT molecular complexity index is 2320. The SMILES string of the molecule is C1=Cc2cc3oc4cccc(-c5nc(-c6ccc7ccccc7c6)nc(-c6ccc7ccccc7c6)n5)c4c3cc2[N-]C1. The highest BCUT2D eigenvalue weighted by molar-refractivity contribution is 6.13. The molecule has 9 rings (SSSR count). The van der Waals surface area contributed by atoms with Crippen LogP contribution in [0.25, 0.3) is 89.0 Å². The van der Waals surface area contributed by atoms with Gasteiger partial charge in [-0.05, 0) is 51.4 Å². The second-order valence-corrected chi connectivity index (χ2v) is 10.9. The Labute approximate surface area is 247 Å². The summed E-state index contributed by atoms with van der Waals surface area (Å²) in [4.78, 5) is 15.2. The third-order valence-corrected chi connectivity index (χ3v) is 8.20. The third kappa shape index (κ3) is 3.97. The van der Waals surface area contributed by atoms with Gasteiger partial charge in [-0.1, -0.05) is 97.1 Å². The van der Waals surface area contributed by atoms with Gasteiger partial charge in [0.05, 0.1) is 0 Å². The summed E-state index contributed by atoms with van der Waals surface area (Å²) in [5.74, 6) is 1.85. The van der Waals surface area contributed by atoms with E-state index in [-0.39, 0.29) is 0 Å². The predicted molar refractivity (Wildman–Crippen MR) is 175 cm³/mol. The van der Waals surface area contributed by atoms with E-state index in [9.17, 15) is 0 Å². The zero-order valence-corrected chi connectivity index (χ0v) is 23.0. The molecule has 0 spiro atoms. The van der Waals surface area contributed by atoms with Crippen molar-refractivity contribution in [2.45, 2.75) is 0 Å². The first-order valence-electron chi connectivity index (χ1n) is 14.3. The zero-order valence-electron chi connectivity index (χ0n) is 23.0. The lowest BCUT2D eigenvalue weighted by molar-refractivity contribution is 0.669. The van der Waals surface area contributed by atoms with E-state index < -0.39 is 0 Å². The summed E-state index contributed by atoms with van der Waals surface area (Å²) < 4.78 is 6.36. The van der Waals surface area contributed by atoms with E-state index in [1.165, 1.54) is 10.8 Å². The van der Waals surface area contributed by atoms with E-state index in [1.54, 1.807) is 0 Å². The smallest absolute Gasteiger partial charge is 0.164 e. The molecule has 0 N–H and O–H groups in total. The van der Waals surface area contributed by atoms with Crippen LogP contribution in [0.4, 0.5) is 5.69 Å². The normalized spacial score (nSPS) is 12.7. The fourth-order valence-corrected chi connectivity index (χ4v) is 6.08. The standard InChI is InChI=1S/C38H23N4O/c1-3-9-25-19-28(16-14-23(25)7-1)36-40-37(29-17-15-24-8-2-4-10-26(24)20-29)42-38(41-36)30-12-5-13-33-35(30)31-22-32-27(11-6-18-39-32)21-34(31)43-33/h1-17,19-22H,18H2/q-1. The molecule has 0 fully saturated rings. The molecule has 0 amide bonds. The predicted octanol–water partition coefficient (Wildman–Crippen LogP) is 10.1. The van der Waals surface area contributed by atoms with Gasteiger partial charge >= 0.3 is 0 Å². The summed E-state index contributed by atoms with van der Waals surface area (Å²) in [5, 5.41) is 11.3. The molecule has 0 bridgehead atoms. The Balaban J connectivity index is 1.30. The minimum atomic E-state index is 0.601. The third-order valence-electron chi connectivity index (χ3n) is 8.20. The summed E-state index contributed by atoms with van der Waals surface area (Å²) in [6.45, 7) is 0.679. The van der Waals surface area contributed by atoms with Crippen molar-refractivity contribution in [3.63, 3.8) is 0 Å². The van der Waals surface area contributed by atoms with Crippen LogP contribution in [0.2, 0.25) is 0 Å². The molecular formula is C38H23N4O-. The highest BCUT2D eigenvalue weighted by Crippen LogP contribution is 2.41. The first kappa shape index (κ1) is 23.9. The summed E-state index contributed by atoms with van der Waals surface area (Å²) >= 11 is 0. The van der Waals surface area contributed by atoms with Crippen molar-refractivity contribution in [2.24, 2.45) is 0 Å². The van der Waals surface area contributed by atoms with Crippen LogP contribution in [0.15, 0.2) is 126 Å². The van der Waals surface area contributed by atoms with Gasteiger partial charge in [-0.25, -0.2) is 15.0 Å². The van der Waals surface area contributed by atoms with Gasteiger partial charge in [0.25, 0.3) is 0 Å². The van der Waals surface area contributed by atoms with Gasteiger partial charge in [0.15, 0.2) is 17.5 Å². The van der Waals surface area contributed by atoms with Crippen LogP contribution in [-0.2, 0) is 0 Å². The number of hydrogen-bond acceptors (Lipinski definition) is 4. The molecule has 1 aliphatic rings. The van der Waals surface area contributed by atoms with Crippen LogP contribution in [0.5, 0.6) is 0 Å². The molecule has 1 aliphatic heterocycles. The molecule has 0 radical (unpaired) electrons. The van der Waals surface area contributed by atoms with E-state index >= 15 is 0 Å². The number of aromatic nitrogens is 3. The van der Waals surface area contributed by atoms with Crippen LogP contribution in [0, 0.1) is 0 Å². The lowest BCUT2D eigenvalue weighted by atomic mass is 10.0. The maximum absolute atomic E-state index is 6.36. The number of rotatable bonds is 3. The van der Waals surface area contributed by atoms with E-state index in [1.807, 2.05) is 12.1 Å². The first-order valence-corrected chi connectivity index (χ1v) is 14.3. The fourth-order valence-electron chi connectivity index (χ4n) is 6.08. The van der Waals surface area contributed by atoms with Gasteiger partial charge in [-0.15, -0.1) is 18.3 Å². The fraction of sp³-hybridized carbons (Fsp3) is 0.0263. The number of fused-ring (bicyclic) bond motifs is 6. The number of nitrogens with zero attached hydrogens (tertiary/aromatic N) is 4. The maximum atomic E-state index is 6.36. The summed E-state index contributed by atoms with van der Waals surface area (Å²) in [6, 6.07) is 39.6. The van der Waals surface area contributed by atoms with Gasteiger partial charge in [-0.2, -0.15) is 0 Å². The van der Waals surface area contributed by atoms with Crippen LogP contribution < -0.4 is 0 Å². The quantitative estimate of drug-likeness (QED) is 0.219. The van der Waals surface area contributed by atoms with Crippen LogP contribution in [0.3, 0.4) is 0 Å².